The number of furan rings is 1. The van der Waals surface area contributed by atoms with Gasteiger partial charge in [0.05, 0.1) is 32.3 Å². The quantitative estimate of drug-likeness (QED) is 0.205. The van der Waals surface area contributed by atoms with Crippen molar-refractivity contribution in [3.63, 3.8) is 0 Å². The van der Waals surface area contributed by atoms with Gasteiger partial charge in [-0.25, -0.2) is 9.97 Å². The molecule has 0 saturated carbocycles. The third-order valence-corrected chi connectivity index (χ3v) is 9.98. The Morgan fingerprint density at radius 2 is 1.31 bits per heavy atom. The minimum Gasteiger partial charge on any atom is -0.455 e. The first kappa shape index (κ1) is 24.6. The maximum absolute atomic E-state index is 6.51. The number of para-hydroxylation sites is 2. The lowest BCUT2D eigenvalue weighted by atomic mass is 10.1. The monoisotopic (exact) mass is 593 g/mol. The Morgan fingerprint density at radius 1 is 0.556 bits per heavy atom. The highest BCUT2D eigenvalue weighted by Crippen LogP contribution is 2.42. The van der Waals surface area contributed by atoms with E-state index in [1.54, 1.807) is 11.3 Å². The van der Waals surface area contributed by atoms with Gasteiger partial charge in [-0.05, 0) is 42.5 Å². The molecule has 4 heterocycles. The van der Waals surface area contributed by atoms with Gasteiger partial charge < -0.3 is 8.98 Å². The fourth-order valence-electron chi connectivity index (χ4n) is 6.81. The van der Waals surface area contributed by atoms with Crippen molar-refractivity contribution >= 4 is 75.4 Å². The highest BCUT2D eigenvalue weighted by atomic mass is 32.1. The fourth-order valence-corrected chi connectivity index (χ4v) is 7.96. The van der Waals surface area contributed by atoms with Crippen LogP contribution in [-0.2, 0) is 0 Å². The fraction of sp³-hybridized carbons (Fsp3) is 0. The molecule has 0 radical (unpaired) electrons. The smallest absolute Gasteiger partial charge is 0.160 e. The van der Waals surface area contributed by atoms with E-state index in [-0.39, 0.29) is 0 Å². The summed E-state index contributed by atoms with van der Waals surface area (Å²) in [6, 6.07) is 48.8. The van der Waals surface area contributed by atoms with Crippen molar-refractivity contribution in [3.05, 3.63) is 140 Å². The van der Waals surface area contributed by atoms with Crippen LogP contribution in [0.1, 0.15) is 0 Å². The van der Waals surface area contributed by atoms with Crippen molar-refractivity contribution in [2.45, 2.75) is 0 Å². The number of hydrogen-bond acceptors (Lipinski definition) is 4. The second-order valence-corrected chi connectivity index (χ2v) is 12.4. The molecule has 10 aromatic rings. The number of thiophene rings is 1. The highest BCUT2D eigenvalue weighted by molar-refractivity contribution is 7.26. The normalized spacial score (nSPS) is 12.0. The maximum atomic E-state index is 6.51. The van der Waals surface area contributed by atoms with Crippen molar-refractivity contribution in [2.24, 2.45) is 0 Å². The predicted octanol–water partition coefficient (Wildman–Crippen LogP) is 11.2. The number of fused-ring (bicyclic) bond motifs is 10. The topological polar surface area (TPSA) is 43.9 Å². The standard InChI is InChI=1S/C40H23N3OS/c1-2-11-24(12-3-1)36-39-37(30-17-6-9-20-34(30)45-39)42-40(41-36)25-13-10-14-26(23-25)43-31-18-7-4-16-29(31)35-32(43)22-21-28-27-15-5-8-19-33(27)44-38(28)35/h1-23H. The van der Waals surface area contributed by atoms with Gasteiger partial charge >= 0.3 is 0 Å². The summed E-state index contributed by atoms with van der Waals surface area (Å²) in [5.41, 5.74) is 9.12. The van der Waals surface area contributed by atoms with Crippen molar-refractivity contribution in [2.75, 3.05) is 0 Å². The summed E-state index contributed by atoms with van der Waals surface area (Å²) in [5.74, 6) is 0.715. The van der Waals surface area contributed by atoms with Crippen molar-refractivity contribution in [1.82, 2.24) is 14.5 Å². The second-order valence-electron chi connectivity index (χ2n) is 11.4. The lowest BCUT2D eigenvalue weighted by Gasteiger charge is -2.11. The molecule has 0 N–H and O–H groups in total. The summed E-state index contributed by atoms with van der Waals surface area (Å²) in [6.45, 7) is 0. The lowest BCUT2D eigenvalue weighted by Crippen LogP contribution is -1.97. The van der Waals surface area contributed by atoms with Crippen LogP contribution in [0.5, 0.6) is 0 Å². The van der Waals surface area contributed by atoms with Gasteiger partial charge in [-0.1, -0.05) is 97.1 Å². The molecular weight excluding hydrogens is 571 g/mol. The number of hydrogen-bond donors (Lipinski definition) is 0. The van der Waals surface area contributed by atoms with Crippen LogP contribution in [0, 0.1) is 0 Å². The third kappa shape index (κ3) is 3.59. The molecule has 0 fully saturated rings. The molecule has 5 heteroatoms. The Kier molecular flexibility index (Phi) is 5.12. The van der Waals surface area contributed by atoms with Crippen LogP contribution in [0.4, 0.5) is 0 Å². The van der Waals surface area contributed by atoms with Gasteiger partial charge in [-0.3, -0.25) is 0 Å². The molecule has 0 aliphatic carbocycles. The van der Waals surface area contributed by atoms with Crippen LogP contribution >= 0.6 is 11.3 Å². The van der Waals surface area contributed by atoms with Crippen LogP contribution < -0.4 is 0 Å². The number of rotatable bonds is 3. The first-order valence-corrected chi connectivity index (χ1v) is 15.8. The first-order chi connectivity index (χ1) is 22.3. The largest absolute Gasteiger partial charge is 0.455 e. The zero-order chi connectivity index (χ0) is 29.5. The van der Waals surface area contributed by atoms with Crippen LogP contribution in [0.2, 0.25) is 0 Å². The molecule has 10 rings (SSSR count). The Labute approximate surface area is 261 Å². The Morgan fingerprint density at radius 3 is 2.22 bits per heavy atom. The number of nitrogens with zero attached hydrogens (tertiary/aromatic N) is 3. The van der Waals surface area contributed by atoms with E-state index in [4.69, 9.17) is 14.4 Å². The Bertz CT molecular complexity index is 2770. The zero-order valence-electron chi connectivity index (χ0n) is 23.9. The van der Waals surface area contributed by atoms with Crippen LogP contribution in [0.15, 0.2) is 144 Å². The summed E-state index contributed by atoms with van der Waals surface area (Å²) in [4.78, 5) is 10.4. The molecule has 0 aliphatic rings. The van der Waals surface area contributed by atoms with Crippen molar-refractivity contribution in [1.29, 1.82) is 0 Å². The Balaban J connectivity index is 1.23. The van der Waals surface area contributed by atoms with Gasteiger partial charge in [0.2, 0.25) is 0 Å². The predicted molar refractivity (Wildman–Crippen MR) is 187 cm³/mol. The molecule has 0 bridgehead atoms. The summed E-state index contributed by atoms with van der Waals surface area (Å²) in [7, 11) is 0. The molecule has 4 aromatic heterocycles. The van der Waals surface area contributed by atoms with E-state index >= 15 is 0 Å². The molecule has 6 aromatic carbocycles. The minimum absolute atomic E-state index is 0.715. The van der Waals surface area contributed by atoms with E-state index in [0.717, 1.165) is 81.9 Å². The molecule has 0 spiro atoms. The Hall–Kier alpha value is -5.78. The first-order valence-electron chi connectivity index (χ1n) is 15.0. The van der Waals surface area contributed by atoms with Crippen LogP contribution in [-0.4, -0.2) is 14.5 Å². The van der Waals surface area contributed by atoms with E-state index in [1.165, 1.54) is 4.70 Å². The van der Waals surface area contributed by atoms with E-state index in [9.17, 15) is 0 Å². The zero-order valence-corrected chi connectivity index (χ0v) is 24.8. The van der Waals surface area contributed by atoms with E-state index < -0.39 is 0 Å². The minimum atomic E-state index is 0.715. The average molecular weight is 594 g/mol. The second kappa shape index (κ2) is 9.36. The lowest BCUT2D eigenvalue weighted by molar-refractivity contribution is 0.673. The van der Waals surface area contributed by atoms with Gasteiger partial charge in [0.1, 0.15) is 11.2 Å². The van der Waals surface area contributed by atoms with Gasteiger partial charge in [-0.2, -0.15) is 0 Å². The molecule has 0 amide bonds. The van der Waals surface area contributed by atoms with Gasteiger partial charge in [0.25, 0.3) is 0 Å². The highest BCUT2D eigenvalue weighted by Gasteiger charge is 2.20. The summed E-state index contributed by atoms with van der Waals surface area (Å²) in [5, 5.41) is 5.71. The maximum Gasteiger partial charge on any atom is 0.160 e. The number of aromatic nitrogens is 3. The molecule has 4 nitrogen and oxygen atoms in total. The SMILES string of the molecule is c1ccc(-c2nc(-c3cccc(-n4c5ccccc5c5c6oc7ccccc7c6ccc54)c3)nc3c2sc2ccccc23)cc1. The van der Waals surface area contributed by atoms with E-state index in [0.29, 0.717) is 5.82 Å². The van der Waals surface area contributed by atoms with E-state index in [1.807, 2.05) is 18.2 Å². The van der Waals surface area contributed by atoms with Crippen molar-refractivity contribution < 1.29 is 4.42 Å². The van der Waals surface area contributed by atoms with Crippen molar-refractivity contribution in [3.8, 4) is 28.3 Å². The van der Waals surface area contributed by atoms with Crippen LogP contribution in [0.3, 0.4) is 0 Å². The molecule has 0 aliphatic heterocycles. The summed E-state index contributed by atoms with van der Waals surface area (Å²) >= 11 is 1.76. The molecule has 45 heavy (non-hydrogen) atoms. The summed E-state index contributed by atoms with van der Waals surface area (Å²) < 4.78 is 11.2. The summed E-state index contributed by atoms with van der Waals surface area (Å²) in [6.07, 6.45) is 0. The van der Waals surface area contributed by atoms with E-state index in [2.05, 4.69) is 126 Å². The molecular formula is C40H23N3OS. The molecule has 0 saturated heterocycles. The molecule has 0 atom stereocenters. The molecule has 0 unspecified atom stereocenters. The number of benzene rings is 6. The average Bonchev–Trinajstić information content (AvgIpc) is 3.78. The van der Waals surface area contributed by atoms with Gasteiger partial charge in [-0.15, -0.1) is 11.3 Å². The molecule has 210 valence electrons. The van der Waals surface area contributed by atoms with Crippen LogP contribution in [0.25, 0.3) is 92.4 Å². The third-order valence-electron chi connectivity index (χ3n) is 8.81. The van der Waals surface area contributed by atoms with Gasteiger partial charge in [0.15, 0.2) is 5.82 Å². The van der Waals surface area contributed by atoms with Gasteiger partial charge in [0, 0.05) is 43.1 Å².